The molecular weight excluding hydrogens is 232 g/mol. The highest BCUT2D eigenvalue weighted by Gasteiger charge is 2.10. The van der Waals surface area contributed by atoms with Crippen LogP contribution in [-0.4, -0.2) is 31.1 Å². The Labute approximate surface area is 97.5 Å². The fourth-order valence-electron chi connectivity index (χ4n) is 1.22. The predicted octanol–water partition coefficient (Wildman–Crippen LogP) is 2.54. The third kappa shape index (κ3) is 3.58. The van der Waals surface area contributed by atoms with E-state index in [0.717, 1.165) is 0 Å². The zero-order chi connectivity index (χ0) is 12.8. The van der Waals surface area contributed by atoms with E-state index < -0.39 is 13.0 Å². The van der Waals surface area contributed by atoms with Crippen LogP contribution in [0.3, 0.4) is 0 Å². The molecule has 0 aliphatic carbocycles. The lowest BCUT2D eigenvalue weighted by atomic mass is 10.1. The first-order chi connectivity index (χ1) is 8.08. The predicted molar refractivity (Wildman–Crippen MR) is 58.5 cm³/mol. The number of hydrogen-bond donors (Lipinski definition) is 1. The molecule has 0 heterocycles. The van der Waals surface area contributed by atoms with E-state index in [1.165, 1.54) is 13.2 Å². The van der Waals surface area contributed by atoms with E-state index in [1.54, 1.807) is 19.1 Å². The summed E-state index contributed by atoms with van der Waals surface area (Å²) < 4.78 is 33.9. The normalized spacial score (nSPS) is 11.7. The van der Waals surface area contributed by atoms with Gasteiger partial charge >= 0.3 is 0 Å². The molecule has 0 bridgehead atoms. The van der Waals surface area contributed by atoms with Crippen LogP contribution in [0.2, 0.25) is 0 Å². The van der Waals surface area contributed by atoms with E-state index in [1.807, 2.05) is 0 Å². The molecule has 1 aromatic rings. The molecule has 6 heteroatoms. The number of benzene rings is 1. The first-order valence-electron chi connectivity index (χ1n) is 4.86. The van der Waals surface area contributed by atoms with Gasteiger partial charge in [-0.15, -0.1) is 0 Å². The zero-order valence-corrected chi connectivity index (χ0v) is 9.48. The van der Waals surface area contributed by atoms with Gasteiger partial charge in [0.15, 0.2) is 11.5 Å². The van der Waals surface area contributed by atoms with Crippen LogP contribution in [0.1, 0.15) is 12.5 Å². The molecule has 1 aromatic carbocycles. The lowest BCUT2D eigenvalue weighted by molar-refractivity contribution is 0.0804. The van der Waals surface area contributed by atoms with Crippen LogP contribution >= 0.6 is 0 Å². The Morgan fingerprint density at radius 1 is 1.41 bits per heavy atom. The van der Waals surface area contributed by atoms with Gasteiger partial charge in [-0.1, -0.05) is 5.16 Å². The Morgan fingerprint density at radius 2 is 2.12 bits per heavy atom. The van der Waals surface area contributed by atoms with Crippen molar-refractivity contribution < 1.29 is 23.5 Å². The summed E-state index contributed by atoms with van der Waals surface area (Å²) in [6.07, 6.45) is -2.54. The first-order valence-corrected chi connectivity index (χ1v) is 4.86. The Bertz CT molecular complexity index is 408. The van der Waals surface area contributed by atoms with Crippen molar-refractivity contribution in [3.05, 3.63) is 23.8 Å². The van der Waals surface area contributed by atoms with Gasteiger partial charge in [0, 0.05) is 5.56 Å². The fourth-order valence-corrected chi connectivity index (χ4v) is 1.22. The van der Waals surface area contributed by atoms with Crippen LogP contribution in [-0.2, 0) is 0 Å². The minimum Gasteiger partial charge on any atom is -0.493 e. The first kappa shape index (κ1) is 13.2. The number of methoxy groups -OCH3 is 1. The molecule has 0 unspecified atom stereocenters. The van der Waals surface area contributed by atoms with Gasteiger partial charge in [0.25, 0.3) is 6.43 Å². The number of ether oxygens (including phenoxy) is 2. The molecule has 1 rings (SSSR count). The lowest BCUT2D eigenvalue weighted by Crippen LogP contribution is -2.08. The molecule has 0 spiro atoms. The summed E-state index contributed by atoms with van der Waals surface area (Å²) in [5.41, 5.74) is 1.01. The number of hydrogen-bond acceptors (Lipinski definition) is 4. The molecule has 0 radical (unpaired) electrons. The number of rotatable bonds is 5. The Morgan fingerprint density at radius 3 is 2.65 bits per heavy atom. The minimum atomic E-state index is -2.54. The second-order valence-corrected chi connectivity index (χ2v) is 3.25. The smallest absolute Gasteiger partial charge is 0.272 e. The number of halogens is 2. The van der Waals surface area contributed by atoms with Crippen molar-refractivity contribution in [1.29, 1.82) is 0 Å². The molecule has 0 fully saturated rings. The number of alkyl halides is 2. The van der Waals surface area contributed by atoms with Crippen LogP contribution in [0, 0.1) is 0 Å². The van der Waals surface area contributed by atoms with Crippen molar-refractivity contribution in [2.24, 2.45) is 5.16 Å². The molecule has 0 atom stereocenters. The highest BCUT2D eigenvalue weighted by atomic mass is 19.3. The Balaban J connectivity index is 2.93. The van der Waals surface area contributed by atoms with E-state index >= 15 is 0 Å². The molecular formula is C11H13F2NO3. The largest absolute Gasteiger partial charge is 0.493 e. The molecule has 0 aromatic heterocycles. The zero-order valence-electron chi connectivity index (χ0n) is 9.48. The second-order valence-electron chi connectivity index (χ2n) is 3.25. The SMILES string of the molecule is COc1cc(C(C)=NO)ccc1OCC(F)F. The summed E-state index contributed by atoms with van der Waals surface area (Å²) in [5, 5.41) is 11.7. The molecule has 0 aliphatic heterocycles. The summed E-state index contributed by atoms with van der Waals surface area (Å²) in [6, 6.07) is 4.64. The van der Waals surface area contributed by atoms with E-state index in [4.69, 9.17) is 14.7 Å². The van der Waals surface area contributed by atoms with Gasteiger partial charge in [-0.3, -0.25) is 0 Å². The third-order valence-corrected chi connectivity index (χ3v) is 2.10. The van der Waals surface area contributed by atoms with Crippen LogP contribution in [0.4, 0.5) is 8.78 Å². The van der Waals surface area contributed by atoms with Crippen LogP contribution < -0.4 is 9.47 Å². The average Bonchev–Trinajstić information content (AvgIpc) is 2.34. The topological polar surface area (TPSA) is 51.0 Å². The quantitative estimate of drug-likeness (QED) is 0.492. The van der Waals surface area contributed by atoms with Crippen molar-refractivity contribution >= 4 is 5.71 Å². The molecule has 0 saturated heterocycles. The molecule has 94 valence electrons. The maximum Gasteiger partial charge on any atom is 0.272 e. The summed E-state index contributed by atoms with van der Waals surface area (Å²) in [7, 11) is 1.40. The van der Waals surface area contributed by atoms with Crippen molar-refractivity contribution in [3.8, 4) is 11.5 Å². The standard InChI is InChI=1S/C11H13F2NO3/c1-7(14-15)8-3-4-9(10(5-8)16-2)17-6-11(12)13/h3-5,11,15H,6H2,1-2H3. The van der Waals surface area contributed by atoms with Crippen LogP contribution in [0.15, 0.2) is 23.4 Å². The van der Waals surface area contributed by atoms with Crippen molar-refractivity contribution in [2.45, 2.75) is 13.3 Å². The van der Waals surface area contributed by atoms with Gasteiger partial charge in [0.05, 0.1) is 12.8 Å². The summed E-state index contributed by atoms with van der Waals surface area (Å²) in [5.74, 6) is 0.536. The van der Waals surface area contributed by atoms with Crippen molar-refractivity contribution in [2.75, 3.05) is 13.7 Å². The van der Waals surface area contributed by atoms with Crippen molar-refractivity contribution in [3.63, 3.8) is 0 Å². The second kappa shape index (κ2) is 6.03. The molecule has 0 aliphatic rings. The molecule has 0 saturated carbocycles. The maximum atomic E-state index is 12.0. The third-order valence-electron chi connectivity index (χ3n) is 2.10. The van der Waals surface area contributed by atoms with Crippen LogP contribution in [0.5, 0.6) is 11.5 Å². The summed E-state index contributed by atoms with van der Waals surface area (Å²) >= 11 is 0. The van der Waals surface area contributed by atoms with E-state index in [0.29, 0.717) is 17.0 Å². The fraction of sp³-hybridized carbons (Fsp3) is 0.364. The van der Waals surface area contributed by atoms with E-state index in [-0.39, 0.29) is 5.75 Å². The molecule has 0 amide bonds. The number of nitrogens with zero attached hydrogens (tertiary/aromatic N) is 1. The molecule has 17 heavy (non-hydrogen) atoms. The van der Waals surface area contributed by atoms with Gasteiger partial charge in [0.1, 0.15) is 6.61 Å². The van der Waals surface area contributed by atoms with Gasteiger partial charge in [0.2, 0.25) is 0 Å². The van der Waals surface area contributed by atoms with Gasteiger partial charge in [-0.05, 0) is 25.1 Å². The Hall–Kier alpha value is -1.85. The average molecular weight is 245 g/mol. The van der Waals surface area contributed by atoms with E-state index in [2.05, 4.69) is 5.16 Å². The van der Waals surface area contributed by atoms with Gasteiger partial charge in [-0.2, -0.15) is 0 Å². The lowest BCUT2D eigenvalue weighted by Gasteiger charge is -2.11. The highest BCUT2D eigenvalue weighted by Crippen LogP contribution is 2.28. The molecule has 1 N–H and O–H groups in total. The highest BCUT2D eigenvalue weighted by molar-refractivity contribution is 5.98. The maximum absolute atomic E-state index is 12.0. The monoisotopic (exact) mass is 245 g/mol. The summed E-state index contributed by atoms with van der Waals surface area (Å²) in [4.78, 5) is 0. The van der Waals surface area contributed by atoms with Crippen LogP contribution in [0.25, 0.3) is 0 Å². The van der Waals surface area contributed by atoms with E-state index in [9.17, 15) is 8.78 Å². The molecule has 4 nitrogen and oxygen atoms in total. The minimum absolute atomic E-state index is 0.224. The Kier molecular flexibility index (Phi) is 4.68. The van der Waals surface area contributed by atoms with Crippen molar-refractivity contribution in [1.82, 2.24) is 0 Å². The van der Waals surface area contributed by atoms with Gasteiger partial charge < -0.3 is 14.7 Å². The summed E-state index contributed by atoms with van der Waals surface area (Å²) in [6.45, 7) is 0.914. The van der Waals surface area contributed by atoms with Gasteiger partial charge in [-0.25, -0.2) is 8.78 Å². The number of oxime groups is 1.